The average Bonchev–Trinajstić information content (AvgIpc) is 3.40. The minimum absolute atomic E-state index is 0.0541. The van der Waals surface area contributed by atoms with Gasteiger partial charge in [0.05, 0.1) is 0 Å². The standard InChI is InChI=1S/C50H36/c1-31-23-28-40-44(29-31)48(42-20-12-22-46-49(42)41-19-10-11-21-45(41)50(46,2)3)39-18-9-8-17-38(39)47(40)33-26-24-32(25-27-33)43-30-34-13-4-5-14-35(34)36-15-6-7-16-37(36)43/h4-30H,1-3H3. The van der Waals surface area contributed by atoms with Gasteiger partial charge in [0.2, 0.25) is 0 Å². The summed E-state index contributed by atoms with van der Waals surface area (Å²) in [6.07, 6.45) is 0. The van der Waals surface area contributed by atoms with E-state index in [2.05, 4.69) is 185 Å². The van der Waals surface area contributed by atoms with Crippen LogP contribution in [-0.2, 0) is 5.41 Å². The lowest BCUT2D eigenvalue weighted by Crippen LogP contribution is -2.14. The van der Waals surface area contributed by atoms with E-state index in [1.165, 1.54) is 104 Å². The van der Waals surface area contributed by atoms with Crippen molar-refractivity contribution in [3.8, 4) is 44.5 Å². The van der Waals surface area contributed by atoms with Crippen molar-refractivity contribution in [2.75, 3.05) is 0 Å². The minimum Gasteiger partial charge on any atom is -0.0619 e. The summed E-state index contributed by atoms with van der Waals surface area (Å²) in [7, 11) is 0. The lowest BCUT2D eigenvalue weighted by atomic mass is 9.80. The lowest BCUT2D eigenvalue weighted by molar-refractivity contribution is 0.660. The van der Waals surface area contributed by atoms with E-state index in [-0.39, 0.29) is 5.41 Å². The van der Waals surface area contributed by atoms with Crippen molar-refractivity contribution in [1.82, 2.24) is 0 Å². The Morgan fingerprint density at radius 1 is 0.340 bits per heavy atom. The van der Waals surface area contributed by atoms with Crippen molar-refractivity contribution in [2.24, 2.45) is 0 Å². The Bertz CT molecular complexity index is 2830. The summed E-state index contributed by atoms with van der Waals surface area (Å²) >= 11 is 0. The minimum atomic E-state index is -0.0541. The fourth-order valence-corrected chi connectivity index (χ4v) is 8.97. The molecule has 236 valence electrons. The zero-order chi connectivity index (χ0) is 33.6. The highest BCUT2D eigenvalue weighted by Gasteiger charge is 2.37. The van der Waals surface area contributed by atoms with Crippen LogP contribution in [0.3, 0.4) is 0 Å². The molecule has 0 nitrogen and oxygen atoms in total. The van der Waals surface area contributed by atoms with Crippen LogP contribution < -0.4 is 0 Å². The quantitative estimate of drug-likeness (QED) is 0.134. The van der Waals surface area contributed by atoms with Crippen molar-refractivity contribution in [1.29, 1.82) is 0 Å². The van der Waals surface area contributed by atoms with Crippen molar-refractivity contribution < 1.29 is 0 Å². The molecular formula is C50H36. The Hall–Kier alpha value is -5.98. The van der Waals surface area contributed by atoms with Gasteiger partial charge in [-0.1, -0.05) is 177 Å². The van der Waals surface area contributed by atoms with E-state index >= 15 is 0 Å². The van der Waals surface area contributed by atoms with Crippen LogP contribution in [0.2, 0.25) is 0 Å². The third-order valence-electron chi connectivity index (χ3n) is 11.3. The van der Waals surface area contributed by atoms with Crippen LogP contribution in [0, 0.1) is 6.92 Å². The molecule has 0 N–H and O–H groups in total. The molecule has 0 radical (unpaired) electrons. The van der Waals surface area contributed by atoms with Gasteiger partial charge in [0, 0.05) is 5.41 Å². The summed E-state index contributed by atoms with van der Waals surface area (Å²) < 4.78 is 0. The fourth-order valence-electron chi connectivity index (χ4n) is 8.97. The SMILES string of the molecule is Cc1ccc2c(-c3ccc(-c4cc5ccccc5c5ccccc45)cc3)c3ccccc3c(-c3cccc4c3-c3ccccc3C4(C)C)c2c1. The van der Waals surface area contributed by atoms with E-state index in [1.54, 1.807) is 0 Å². The Kier molecular flexibility index (Phi) is 6.24. The van der Waals surface area contributed by atoms with E-state index in [1.807, 2.05) is 0 Å². The maximum absolute atomic E-state index is 2.40. The Morgan fingerprint density at radius 2 is 0.920 bits per heavy atom. The highest BCUT2D eigenvalue weighted by atomic mass is 14.4. The van der Waals surface area contributed by atoms with Crippen LogP contribution in [0.4, 0.5) is 0 Å². The number of hydrogen-bond acceptors (Lipinski definition) is 0. The molecule has 0 aromatic heterocycles. The van der Waals surface area contributed by atoms with Gasteiger partial charge in [-0.3, -0.25) is 0 Å². The first-order valence-corrected chi connectivity index (χ1v) is 17.7. The molecule has 10 rings (SSSR count). The average molecular weight is 637 g/mol. The molecule has 0 unspecified atom stereocenters. The Balaban J connectivity index is 1.22. The Labute approximate surface area is 293 Å². The van der Waals surface area contributed by atoms with Crippen LogP contribution in [-0.4, -0.2) is 0 Å². The number of fused-ring (bicyclic) bond motifs is 8. The van der Waals surface area contributed by atoms with E-state index in [0.29, 0.717) is 0 Å². The third-order valence-corrected chi connectivity index (χ3v) is 11.3. The highest BCUT2D eigenvalue weighted by Crippen LogP contribution is 2.54. The van der Waals surface area contributed by atoms with Crippen molar-refractivity contribution in [2.45, 2.75) is 26.2 Å². The van der Waals surface area contributed by atoms with Crippen LogP contribution in [0.15, 0.2) is 164 Å². The molecule has 1 aliphatic rings. The molecule has 1 aliphatic carbocycles. The second-order valence-corrected chi connectivity index (χ2v) is 14.5. The molecule has 9 aromatic carbocycles. The van der Waals surface area contributed by atoms with Crippen molar-refractivity contribution >= 4 is 43.1 Å². The predicted octanol–water partition coefficient (Wildman–Crippen LogP) is 13.9. The maximum Gasteiger partial charge on any atom is 0.0159 e. The van der Waals surface area contributed by atoms with Crippen LogP contribution in [0.5, 0.6) is 0 Å². The van der Waals surface area contributed by atoms with Gasteiger partial charge >= 0.3 is 0 Å². The van der Waals surface area contributed by atoms with E-state index in [4.69, 9.17) is 0 Å². The van der Waals surface area contributed by atoms with E-state index in [0.717, 1.165) is 0 Å². The van der Waals surface area contributed by atoms with E-state index in [9.17, 15) is 0 Å². The zero-order valence-electron chi connectivity index (χ0n) is 28.6. The first-order valence-electron chi connectivity index (χ1n) is 17.7. The molecule has 0 heterocycles. The first kappa shape index (κ1) is 29.0. The fraction of sp³-hybridized carbons (Fsp3) is 0.0800. The molecule has 0 amide bonds. The third kappa shape index (κ3) is 4.12. The van der Waals surface area contributed by atoms with E-state index < -0.39 is 0 Å². The van der Waals surface area contributed by atoms with Crippen molar-refractivity contribution in [3.05, 3.63) is 180 Å². The molecule has 0 heteroatoms. The largest absolute Gasteiger partial charge is 0.0619 e. The predicted molar refractivity (Wildman–Crippen MR) is 215 cm³/mol. The van der Waals surface area contributed by atoms with Gasteiger partial charge in [-0.05, 0) is 112 Å². The van der Waals surface area contributed by atoms with Gasteiger partial charge in [0.25, 0.3) is 0 Å². The molecule has 0 spiro atoms. The van der Waals surface area contributed by atoms with Gasteiger partial charge in [-0.25, -0.2) is 0 Å². The van der Waals surface area contributed by atoms with Crippen LogP contribution in [0.1, 0.15) is 30.5 Å². The molecule has 50 heavy (non-hydrogen) atoms. The number of aryl methyl sites for hydroxylation is 1. The smallest absolute Gasteiger partial charge is 0.0159 e. The molecule has 0 bridgehead atoms. The molecule has 0 saturated carbocycles. The number of hydrogen-bond donors (Lipinski definition) is 0. The highest BCUT2D eigenvalue weighted by molar-refractivity contribution is 6.23. The van der Waals surface area contributed by atoms with Crippen molar-refractivity contribution in [3.63, 3.8) is 0 Å². The molecule has 0 atom stereocenters. The molecule has 0 fully saturated rings. The van der Waals surface area contributed by atoms with Crippen LogP contribution in [0.25, 0.3) is 87.6 Å². The zero-order valence-corrected chi connectivity index (χ0v) is 28.6. The lowest BCUT2D eigenvalue weighted by Gasteiger charge is -2.23. The second-order valence-electron chi connectivity index (χ2n) is 14.5. The molecule has 9 aromatic rings. The Morgan fingerprint density at radius 3 is 1.72 bits per heavy atom. The van der Waals surface area contributed by atoms with Gasteiger partial charge < -0.3 is 0 Å². The number of benzene rings is 9. The monoisotopic (exact) mass is 636 g/mol. The van der Waals surface area contributed by atoms with Gasteiger partial charge in [-0.15, -0.1) is 0 Å². The number of rotatable bonds is 3. The summed E-state index contributed by atoms with van der Waals surface area (Å²) in [5.74, 6) is 0. The molecular weight excluding hydrogens is 601 g/mol. The van der Waals surface area contributed by atoms with Gasteiger partial charge in [-0.2, -0.15) is 0 Å². The summed E-state index contributed by atoms with van der Waals surface area (Å²) in [5, 5.41) is 10.3. The summed E-state index contributed by atoms with van der Waals surface area (Å²) in [6.45, 7) is 6.96. The molecule has 0 aliphatic heterocycles. The summed E-state index contributed by atoms with van der Waals surface area (Å²) in [6, 6.07) is 61.2. The van der Waals surface area contributed by atoms with Gasteiger partial charge in [0.15, 0.2) is 0 Å². The maximum atomic E-state index is 2.40. The summed E-state index contributed by atoms with van der Waals surface area (Å²) in [4.78, 5) is 0. The normalized spacial score (nSPS) is 13.3. The van der Waals surface area contributed by atoms with Gasteiger partial charge in [0.1, 0.15) is 0 Å². The summed E-state index contributed by atoms with van der Waals surface area (Å²) in [5.41, 5.74) is 14.4. The second kappa shape index (κ2) is 10.8. The topological polar surface area (TPSA) is 0 Å². The molecule has 0 saturated heterocycles. The first-order chi connectivity index (χ1) is 24.5. The van der Waals surface area contributed by atoms with Crippen LogP contribution >= 0.6 is 0 Å².